The van der Waals surface area contributed by atoms with Crippen molar-refractivity contribution in [3.05, 3.63) is 11.1 Å². The molecule has 1 N–H and O–H groups in total. The SMILES string of the molecule is CC(N[S@+]([O-])C(C)(C)C)c1cnc(OCC(F)(F)F)s1. The van der Waals surface area contributed by atoms with Gasteiger partial charge in [0.1, 0.15) is 4.75 Å². The fraction of sp³-hybridized carbons (Fsp3) is 0.727. The smallest absolute Gasteiger partial charge is 0.422 e. The Morgan fingerprint density at radius 3 is 2.55 bits per heavy atom. The summed E-state index contributed by atoms with van der Waals surface area (Å²) in [5.74, 6) is 0. The van der Waals surface area contributed by atoms with E-state index in [0.29, 0.717) is 4.88 Å². The predicted octanol–water partition coefficient (Wildman–Crippen LogP) is 3.20. The molecular weight excluding hydrogens is 313 g/mol. The van der Waals surface area contributed by atoms with Crippen LogP contribution >= 0.6 is 11.3 Å². The molecule has 0 saturated carbocycles. The van der Waals surface area contributed by atoms with Crippen LogP contribution in [0.2, 0.25) is 0 Å². The fourth-order valence-electron chi connectivity index (χ4n) is 1.08. The van der Waals surface area contributed by atoms with Gasteiger partial charge in [-0.25, -0.2) is 4.98 Å². The van der Waals surface area contributed by atoms with Gasteiger partial charge in [-0.3, -0.25) is 0 Å². The van der Waals surface area contributed by atoms with E-state index in [2.05, 4.69) is 14.4 Å². The van der Waals surface area contributed by atoms with Gasteiger partial charge in [0, 0.05) is 22.4 Å². The molecule has 1 aromatic heterocycles. The molecule has 0 fully saturated rings. The number of nitrogens with one attached hydrogen (secondary N) is 1. The molecule has 0 aliphatic carbocycles. The van der Waals surface area contributed by atoms with E-state index in [9.17, 15) is 17.7 Å². The summed E-state index contributed by atoms with van der Waals surface area (Å²) in [5.41, 5.74) is 0. The van der Waals surface area contributed by atoms with Gasteiger partial charge >= 0.3 is 6.18 Å². The zero-order valence-electron chi connectivity index (χ0n) is 11.6. The van der Waals surface area contributed by atoms with E-state index in [1.54, 1.807) is 6.92 Å². The Balaban J connectivity index is 2.58. The standard InChI is InChI=1S/C11H17F3N2O2S2/c1-7(16-20(17)10(2,3)4)8-5-15-9(19-8)18-6-11(12,13)14/h5,7,16H,6H2,1-4H3/t7?,20-/m1/s1. The average molecular weight is 330 g/mol. The summed E-state index contributed by atoms with van der Waals surface area (Å²) >= 11 is -0.264. The van der Waals surface area contributed by atoms with E-state index in [1.807, 2.05) is 20.8 Å². The molecule has 116 valence electrons. The van der Waals surface area contributed by atoms with Gasteiger partial charge in [0.25, 0.3) is 5.19 Å². The molecule has 0 radical (unpaired) electrons. The Bertz CT molecular complexity index is 432. The Morgan fingerprint density at radius 1 is 1.45 bits per heavy atom. The Hall–Kier alpha value is -0.510. The van der Waals surface area contributed by atoms with Crippen molar-refractivity contribution in [3.63, 3.8) is 0 Å². The van der Waals surface area contributed by atoms with Gasteiger partial charge in [0.05, 0.1) is 6.04 Å². The first-order chi connectivity index (χ1) is 8.99. The maximum absolute atomic E-state index is 12.0. The van der Waals surface area contributed by atoms with Crippen molar-refractivity contribution < 1.29 is 22.5 Å². The number of aromatic nitrogens is 1. The number of hydrogen-bond donors (Lipinski definition) is 1. The molecule has 4 nitrogen and oxygen atoms in total. The molecule has 1 unspecified atom stereocenters. The van der Waals surface area contributed by atoms with Gasteiger partial charge in [0.15, 0.2) is 6.61 Å². The van der Waals surface area contributed by atoms with Crippen LogP contribution in [0, 0.1) is 0 Å². The highest BCUT2D eigenvalue weighted by molar-refractivity contribution is 7.90. The quantitative estimate of drug-likeness (QED) is 0.843. The molecule has 0 amide bonds. The van der Waals surface area contributed by atoms with Crippen molar-refractivity contribution in [2.45, 2.75) is 44.7 Å². The number of nitrogens with zero attached hydrogens (tertiary/aromatic N) is 1. The number of hydrogen-bond acceptors (Lipinski definition) is 5. The number of rotatable bonds is 5. The van der Waals surface area contributed by atoms with Crippen molar-refractivity contribution in [3.8, 4) is 5.19 Å². The minimum absolute atomic E-state index is 0.0486. The largest absolute Gasteiger partial charge is 0.598 e. The first-order valence-corrected chi connectivity index (χ1v) is 7.79. The van der Waals surface area contributed by atoms with Crippen LogP contribution in [0.4, 0.5) is 13.2 Å². The van der Waals surface area contributed by atoms with Gasteiger partial charge < -0.3 is 9.29 Å². The number of thiazole rings is 1. The highest BCUT2D eigenvalue weighted by Gasteiger charge is 2.30. The second kappa shape index (κ2) is 6.50. The summed E-state index contributed by atoms with van der Waals surface area (Å²) in [6, 6.07) is -0.282. The number of halogens is 3. The summed E-state index contributed by atoms with van der Waals surface area (Å²) in [6.07, 6.45) is -2.96. The van der Waals surface area contributed by atoms with Crippen LogP contribution < -0.4 is 9.46 Å². The van der Waals surface area contributed by atoms with Crippen LogP contribution in [0.25, 0.3) is 0 Å². The molecule has 0 saturated heterocycles. The molecule has 2 atom stereocenters. The first-order valence-electron chi connectivity index (χ1n) is 5.82. The third kappa shape index (κ3) is 5.86. The summed E-state index contributed by atoms with van der Waals surface area (Å²) in [4.78, 5) is 4.43. The third-order valence-corrected chi connectivity index (χ3v) is 4.90. The maximum atomic E-state index is 12.0. The molecule has 1 heterocycles. The Morgan fingerprint density at radius 2 is 2.05 bits per heavy atom. The lowest BCUT2D eigenvalue weighted by atomic mass is 10.3. The van der Waals surface area contributed by atoms with Crippen molar-refractivity contribution in [1.82, 2.24) is 9.71 Å². The minimum atomic E-state index is -4.39. The summed E-state index contributed by atoms with van der Waals surface area (Å²) < 4.78 is 55.0. The second-order valence-corrected chi connectivity index (χ2v) is 8.18. The average Bonchev–Trinajstić information content (AvgIpc) is 2.72. The zero-order chi connectivity index (χ0) is 15.6. The van der Waals surface area contributed by atoms with Crippen LogP contribution in [-0.4, -0.2) is 27.1 Å². The Kier molecular flexibility index (Phi) is 5.70. The molecule has 0 aliphatic rings. The van der Waals surface area contributed by atoms with Gasteiger partial charge in [-0.1, -0.05) is 11.3 Å². The molecule has 9 heteroatoms. The van der Waals surface area contributed by atoms with E-state index in [1.165, 1.54) is 6.20 Å². The van der Waals surface area contributed by atoms with Crippen LogP contribution in [-0.2, 0) is 11.4 Å². The maximum Gasteiger partial charge on any atom is 0.422 e. The van der Waals surface area contributed by atoms with Crippen LogP contribution in [0.3, 0.4) is 0 Å². The van der Waals surface area contributed by atoms with Gasteiger partial charge in [0.2, 0.25) is 0 Å². The van der Waals surface area contributed by atoms with Crippen LogP contribution in [0.15, 0.2) is 6.20 Å². The van der Waals surface area contributed by atoms with E-state index < -0.39 is 28.9 Å². The number of alkyl halides is 3. The van der Waals surface area contributed by atoms with Crippen LogP contribution in [0.5, 0.6) is 5.19 Å². The van der Waals surface area contributed by atoms with E-state index in [-0.39, 0.29) is 11.2 Å². The summed E-state index contributed by atoms with van der Waals surface area (Å²) in [5, 5.41) is -0.0486. The second-order valence-electron chi connectivity index (χ2n) is 5.15. The van der Waals surface area contributed by atoms with E-state index >= 15 is 0 Å². The summed E-state index contributed by atoms with van der Waals surface area (Å²) in [6.45, 7) is 5.88. The lowest BCUT2D eigenvalue weighted by Gasteiger charge is -2.25. The van der Waals surface area contributed by atoms with Gasteiger partial charge in [-0.05, 0) is 27.7 Å². The molecular formula is C11H17F3N2O2S2. The molecule has 20 heavy (non-hydrogen) atoms. The first kappa shape index (κ1) is 17.5. The Labute approximate surface area is 123 Å². The fourth-order valence-corrected chi connectivity index (χ4v) is 2.72. The van der Waals surface area contributed by atoms with E-state index in [0.717, 1.165) is 11.3 Å². The zero-order valence-corrected chi connectivity index (χ0v) is 13.2. The van der Waals surface area contributed by atoms with Crippen molar-refractivity contribution in [1.29, 1.82) is 0 Å². The van der Waals surface area contributed by atoms with Crippen molar-refractivity contribution in [2.75, 3.05) is 6.61 Å². The van der Waals surface area contributed by atoms with Crippen LogP contribution in [0.1, 0.15) is 38.6 Å². The topological polar surface area (TPSA) is 57.2 Å². The van der Waals surface area contributed by atoms with Crippen molar-refractivity contribution >= 4 is 22.7 Å². The summed E-state index contributed by atoms with van der Waals surface area (Å²) in [7, 11) is 0. The minimum Gasteiger partial charge on any atom is -0.598 e. The van der Waals surface area contributed by atoms with Gasteiger partial charge in [-0.2, -0.15) is 13.2 Å². The van der Waals surface area contributed by atoms with E-state index in [4.69, 9.17) is 0 Å². The molecule has 1 aromatic rings. The lowest BCUT2D eigenvalue weighted by molar-refractivity contribution is -0.153. The third-order valence-electron chi connectivity index (χ3n) is 2.13. The highest BCUT2D eigenvalue weighted by Crippen LogP contribution is 2.29. The molecule has 0 aliphatic heterocycles. The molecule has 0 bridgehead atoms. The predicted molar refractivity (Wildman–Crippen MR) is 73.1 cm³/mol. The molecule has 0 aromatic carbocycles. The van der Waals surface area contributed by atoms with Crippen molar-refractivity contribution in [2.24, 2.45) is 0 Å². The molecule has 0 spiro atoms. The highest BCUT2D eigenvalue weighted by atomic mass is 32.2. The van der Waals surface area contributed by atoms with Gasteiger partial charge in [-0.15, -0.1) is 4.72 Å². The normalized spacial score (nSPS) is 16.0. The monoisotopic (exact) mass is 330 g/mol. The lowest BCUT2D eigenvalue weighted by Crippen LogP contribution is -2.40. The number of ether oxygens (including phenoxy) is 1. The molecule has 1 rings (SSSR count).